The standard InChI is InChI=1S/C42H24N2S2/c1-5-16-31-27(12-1)39-33(20-22-37-41(39)29-14-3-7-18-35(29)45-37)43(31)25-10-9-11-26(24-25)44-32-17-6-2-13-28(32)40-34(44)21-23-38-42(40)30-15-4-8-19-36(30)46-38/h1-24H. The molecular weight excluding hydrogens is 597 g/mol. The van der Waals surface area contributed by atoms with E-state index >= 15 is 0 Å². The van der Waals surface area contributed by atoms with Crippen molar-refractivity contribution < 1.29 is 0 Å². The second kappa shape index (κ2) is 9.07. The smallest absolute Gasteiger partial charge is 0.0548 e. The summed E-state index contributed by atoms with van der Waals surface area (Å²) in [6.45, 7) is 0. The van der Waals surface area contributed by atoms with Gasteiger partial charge in [0.2, 0.25) is 0 Å². The molecule has 0 saturated carbocycles. The number of thiophene rings is 2. The van der Waals surface area contributed by atoms with Crippen LogP contribution in [-0.2, 0) is 0 Å². The third-order valence-corrected chi connectivity index (χ3v) is 12.0. The van der Waals surface area contributed by atoms with Crippen LogP contribution in [0.2, 0.25) is 0 Å². The summed E-state index contributed by atoms with van der Waals surface area (Å²) in [6.07, 6.45) is 0. The van der Waals surface area contributed by atoms with E-state index in [4.69, 9.17) is 0 Å². The summed E-state index contributed by atoms with van der Waals surface area (Å²) < 4.78 is 10.3. The summed E-state index contributed by atoms with van der Waals surface area (Å²) in [4.78, 5) is 0. The molecule has 0 saturated heterocycles. The van der Waals surface area contributed by atoms with E-state index in [0.717, 1.165) is 11.4 Å². The van der Waals surface area contributed by atoms with Crippen molar-refractivity contribution in [1.82, 2.24) is 9.13 Å². The number of aromatic nitrogens is 2. The number of hydrogen-bond acceptors (Lipinski definition) is 2. The monoisotopic (exact) mass is 620 g/mol. The molecular formula is C42H24N2S2. The first kappa shape index (κ1) is 24.8. The van der Waals surface area contributed by atoms with Gasteiger partial charge in [0.25, 0.3) is 0 Å². The first-order valence-electron chi connectivity index (χ1n) is 15.6. The molecule has 214 valence electrons. The molecule has 0 unspecified atom stereocenters. The predicted octanol–water partition coefficient (Wildman–Crippen LogP) is 12.6. The molecule has 0 radical (unpaired) electrons. The third-order valence-electron chi connectivity index (χ3n) is 9.70. The Labute approximate surface area is 271 Å². The van der Waals surface area contributed by atoms with Gasteiger partial charge in [-0.1, -0.05) is 78.9 Å². The van der Waals surface area contributed by atoms with Crippen molar-refractivity contribution >= 4 is 107 Å². The maximum absolute atomic E-state index is 2.46. The topological polar surface area (TPSA) is 9.86 Å². The highest BCUT2D eigenvalue weighted by molar-refractivity contribution is 7.26. The molecule has 0 spiro atoms. The average molecular weight is 621 g/mol. The van der Waals surface area contributed by atoms with Gasteiger partial charge in [0.1, 0.15) is 0 Å². The molecule has 0 fully saturated rings. The summed E-state index contributed by atoms with van der Waals surface area (Å²) in [7, 11) is 0. The largest absolute Gasteiger partial charge is 0.309 e. The zero-order chi connectivity index (χ0) is 29.9. The van der Waals surface area contributed by atoms with E-state index in [9.17, 15) is 0 Å². The van der Waals surface area contributed by atoms with Crippen LogP contribution < -0.4 is 0 Å². The summed E-state index contributed by atoms with van der Waals surface area (Å²) in [5.41, 5.74) is 7.26. The lowest BCUT2D eigenvalue weighted by molar-refractivity contribution is 1.13. The number of rotatable bonds is 2. The Bertz CT molecular complexity index is 2840. The number of nitrogens with zero attached hydrogens (tertiary/aromatic N) is 2. The van der Waals surface area contributed by atoms with Crippen LogP contribution in [0.4, 0.5) is 0 Å². The molecule has 7 aromatic carbocycles. The molecule has 4 heterocycles. The predicted molar refractivity (Wildman–Crippen MR) is 201 cm³/mol. The Balaban J connectivity index is 1.23. The number of hydrogen-bond donors (Lipinski definition) is 0. The minimum Gasteiger partial charge on any atom is -0.309 e. The molecule has 11 aromatic rings. The molecule has 0 N–H and O–H groups in total. The van der Waals surface area contributed by atoms with Crippen LogP contribution in [0.1, 0.15) is 0 Å². The van der Waals surface area contributed by atoms with Crippen molar-refractivity contribution in [3.8, 4) is 11.4 Å². The number of benzene rings is 7. The van der Waals surface area contributed by atoms with Gasteiger partial charge in [-0.3, -0.25) is 0 Å². The average Bonchev–Trinajstić information content (AvgIpc) is 3.85. The van der Waals surface area contributed by atoms with E-state index in [1.807, 2.05) is 22.7 Å². The van der Waals surface area contributed by atoms with Gasteiger partial charge in [0, 0.05) is 73.3 Å². The molecule has 4 aromatic heterocycles. The van der Waals surface area contributed by atoms with Crippen molar-refractivity contribution in [2.45, 2.75) is 0 Å². The number of para-hydroxylation sites is 2. The summed E-state index contributed by atoms with van der Waals surface area (Å²) >= 11 is 3.77. The van der Waals surface area contributed by atoms with Gasteiger partial charge in [0.05, 0.1) is 22.1 Å². The molecule has 46 heavy (non-hydrogen) atoms. The van der Waals surface area contributed by atoms with Gasteiger partial charge in [-0.15, -0.1) is 22.7 Å². The van der Waals surface area contributed by atoms with Crippen LogP contribution in [-0.4, -0.2) is 9.13 Å². The van der Waals surface area contributed by atoms with Gasteiger partial charge >= 0.3 is 0 Å². The molecule has 0 aliphatic rings. The first-order valence-corrected chi connectivity index (χ1v) is 17.2. The highest BCUT2D eigenvalue weighted by Crippen LogP contribution is 2.45. The fraction of sp³-hybridized carbons (Fsp3) is 0. The SMILES string of the molecule is c1cc(-n2c3ccccc3c3c4c(ccc32)sc2ccccc24)cc(-n2c3ccccc3c3c4c(ccc32)sc2ccccc24)c1. The molecule has 2 nitrogen and oxygen atoms in total. The Morgan fingerprint density at radius 1 is 0.304 bits per heavy atom. The number of fused-ring (bicyclic) bond motifs is 14. The Kier molecular flexibility index (Phi) is 4.90. The Morgan fingerprint density at radius 2 is 0.739 bits per heavy atom. The summed E-state index contributed by atoms with van der Waals surface area (Å²) in [5, 5.41) is 10.6. The van der Waals surface area contributed by atoms with Gasteiger partial charge in [-0.05, 0) is 66.7 Å². The van der Waals surface area contributed by atoms with Crippen LogP contribution in [0.15, 0.2) is 146 Å². The molecule has 0 atom stereocenters. The molecule has 0 aliphatic heterocycles. The van der Waals surface area contributed by atoms with E-state index in [0.29, 0.717) is 0 Å². The second-order valence-electron chi connectivity index (χ2n) is 12.1. The maximum Gasteiger partial charge on any atom is 0.0548 e. The minimum atomic E-state index is 1.16. The summed E-state index contributed by atoms with van der Waals surface area (Å²) in [6, 6.07) is 53.7. The maximum atomic E-state index is 2.46. The van der Waals surface area contributed by atoms with Crippen molar-refractivity contribution in [2.75, 3.05) is 0 Å². The van der Waals surface area contributed by atoms with Gasteiger partial charge in [-0.2, -0.15) is 0 Å². The minimum absolute atomic E-state index is 1.16. The first-order chi connectivity index (χ1) is 22.8. The van der Waals surface area contributed by atoms with Crippen LogP contribution in [0.5, 0.6) is 0 Å². The molecule has 0 amide bonds. The molecule has 0 aliphatic carbocycles. The third kappa shape index (κ3) is 3.20. The highest BCUT2D eigenvalue weighted by Gasteiger charge is 2.20. The van der Waals surface area contributed by atoms with E-state index < -0.39 is 0 Å². The van der Waals surface area contributed by atoms with Crippen molar-refractivity contribution in [3.63, 3.8) is 0 Å². The van der Waals surface area contributed by atoms with Gasteiger partial charge in [-0.25, -0.2) is 0 Å². The van der Waals surface area contributed by atoms with Crippen LogP contribution >= 0.6 is 22.7 Å². The van der Waals surface area contributed by atoms with Crippen LogP contribution in [0.25, 0.3) is 95.3 Å². The normalized spacial score (nSPS) is 12.3. The highest BCUT2D eigenvalue weighted by atomic mass is 32.1. The van der Waals surface area contributed by atoms with E-state index in [-0.39, 0.29) is 0 Å². The molecule has 0 bridgehead atoms. The van der Waals surface area contributed by atoms with Crippen molar-refractivity contribution in [1.29, 1.82) is 0 Å². The lowest BCUT2D eigenvalue weighted by atomic mass is 10.1. The van der Waals surface area contributed by atoms with Crippen LogP contribution in [0.3, 0.4) is 0 Å². The quantitative estimate of drug-likeness (QED) is 0.182. The lowest BCUT2D eigenvalue weighted by Crippen LogP contribution is -1.98. The fourth-order valence-electron chi connectivity index (χ4n) is 7.88. The van der Waals surface area contributed by atoms with Gasteiger partial charge in [0.15, 0.2) is 0 Å². The molecule has 11 rings (SSSR count). The Morgan fingerprint density at radius 3 is 1.24 bits per heavy atom. The summed E-state index contributed by atoms with van der Waals surface area (Å²) in [5.74, 6) is 0. The zero-order valence-electron chi connectivity index (χ0n) is 24.6. The second-order valence-corrected chi connectivity index (χ2v) is 14.3. The van der Waals surface area contributed by atoms with E-state index in [2.05, 4.69) is 155 Å². The van der Waals surface area contributed by atoms with Gasteiger partial charge < -0.3 is 9.13 Å². The lowest BCUT2D eigenvalue weighted by Gasteiger charge is -2.13. The fourth-order valence-corrected chi connectivity index (χ4v) is 10.1. The zero-order valence-corrected chi connectivity index (χ0v) is 26.2. The van der Waals surface area contributed by atoms with E-state index in [1.165, 1.54) is 84.0 Å². The van der Waals surface area contributed by atoms with E-state index in [1.54, 1.807) is 0 Å². The molecule has 4 heteroatoms. The van der Waals surface area contributed by atoms with Crippen molar-refractivity contribution in [2.24, 2.45) is 0 Å². The van der Waals surface area contributed by atoms with Crippen LogP contribution in [0, 0.1) is 0 Å². The Hall–Kier alpha value is -5.42. The van der Waals surface area contributed by atoms with Crippen molar-refractivity contribution in [3.05, 3.63) is 146 Å².